The van der Waals surface area contributed by atoms with Gasteiger partial charge >= 0.3 is 0 Å². The monoisotopic (exact) mass is 419 g/mol. The van der Waals surface area contributed by atoms with E-state index in [9.17, 15) is 20.4 Å². The Balaban J connectivity index is 2.04. The van der Waals surface area contributed by atoms with Crippen LogP contribution in [0.25, 0.3) is 0 Å². The summed E-state index contributed by atoms with van der Waals surface area (Å²) in [6.07, 6.45) is -18.7. The van der Waals surface area contributed by atoms with Crippen molar-refractivity contribution in [1.82, 2.24) is 0 Å². The van der Waals surface area contributed by atoms with E-state index in [0.29, 0.717) is 0 Å². The van der Waals surface area contributed by atoms with Crippen molar-refractivity contribution in [2.45, 2.75) is 43.6 Å². The van der Waals surface area contributed by atoms with Gasteiger partial charge in [-0.15, -0.1) is 0 Å². The Labute approximate surface area is 184 Å². The Bertz CT molecular complexity index is 1220. The number of benzene rings is 2. The van der Waals surface area contributed by atoms with Gasteiger partial charge in [0.2, 0.25) is 0 Å². The average Bonchev–Trinajstić information content (AvgIpc) is 2.81. The number of hydrogen-bond donors (Lipinski definition) is 4. The van der Waals surface area contributed by atoms with Crippen LogP contribution in [0.15, 0.2) is 42.5 Å². The van der Waals surface area contributed by atoms with Crippen molar-refractivity contribution < 1.29 is 45.0 Å². The van der Waals surface area contributed by atoms with Gasteiger partial charge in [-0.25, -0.2) is 0 Å². The van der Waals surface area contributed by atoms with Gasteiger partial charge in [-0.3, -0.25) is 0 Å². The van der Waals surface area contributed by atoms with E-state index < -0.39 is 56.8 Å². The molecule has 1 heterocycles. The highest BCUT2D eigenvalue weighted by Crippen LogP contribution is 2.34. The molecule has 4 N–H and O–H groups in total. The third-order valence-corrected chi connectivity index (χ3v) is 4.31. The normalized spacial score (nSPS) is 45.3. The smallest absolute Gasteiger partial charge is 0.119 e. The van der Waals surface area contributed by atoms with E-state index in [1.807, 2.05) is 0 Å². The third-order valence-electron chi connectivity index (χ3n) is 3.98. The molecule has 0 amide bonds. The zero-order valence-corrected chi connectivity index (χ0v) is 15.1. The SMILES string of the molecule is [2H]C([2H])(c1ccc(OC([2H])([2H])C([2H])([2H])[2H])cc1)c1cc([C@@H]2O[C@]([2H])(CO)[C@@]([2H])(O)[C@]([2H])(O)[C@@]2([2H])O)ccc1Cl. The molecule has 28 heavy (non-hydrogen) atoms. The third kappa shape index (κ3) is 4.49. The van der Waals surface area contributed by atoms with Gasteiger partial charge in [-0.05, 0) is 48.1 Å². The van der Waals surface area contributed by atoms with Crippen LogP contribution in [-0.4, -0.2) is 57.9 Å². The van der Waals surface area contributed by atoms with Crippen LogP contribution < -0.4 is 4.74 Å². The summed E-state index contributed by atoms with van der Waals surface area (Å²) in [5.41, 5.74) is -0.656. The number of aliphatic hydroxyl groups excluding tert-OH is 1. The van der Waals surface area contributed by atoms with Crippen molar-refractivity contribution in [2.24, 2.45) is 0 Å². The molecule has 2 aromatic rings. The summed E-state index contributed by atoms with van der Waals surface area (Å²) in [6, 6.07) is 7.89. The molecule has 0 spiro atoms. The number of rotatable bonds is 6. The Hall–Kier alpha value is -1.67. The molecule has 0 aromatic heterocycles. The molecule has 1 fully saturated rings. The Morgan fingerprint density at radius 2 is 1.89 bits per heavy atom. The summed E-state index contributed by atoms with van der Waals surface area (Å²) in [5.74, 6) is -0.209. The van der Waals surface area contributed by atoms with Crippen molar-refractivity contribution >= 4 is 11.6 Å². The summed E-state index contributed by atoms with van der Waals surface area (Å²) >= 11 is 6.23. The molecule has 1 aliphatic heterocycles. The van der Waals surface area contributed by atoms with Gasteiger partial charge in [0.05, 0.1) is 21.4 Å². The summed E-state index contributed by atoms with van der Waals surface area (Å²) in [6.45, 7) is -7.54. The van der Waals surface area contributed by atoms with Gasteiger partial charge in [-0.1, -0.05) is 35.9 Å². The molecule has 6 nitrogen and oxygen atoms in total. The predicted molar refractivity (Wildman–Crippen MR) is 105 cm³/mol. The van der Waals surface area contributed by atoms with Crippen LogP contribution >= 0.6 is 11.6 Å². The Kier molecular flexibility index (Phi) is 3.60. The molecule has 152 valence electrons. The average molecular weight is 420 g/mol. The second-order valence-electron chi connectivity index (χ2n) is 5.75. The van der Waals surface area contributed by atoms with Gasteiger partial charge in [0.1, 0.15) is 36.2 Å². The summed E-state index contributed by atoms with van der Waals surface area (Å²) in [5, 5.41) is 40.8. The zero-order chi connectivity index (χ0) is 30.0. The van der Waals surface area contributed by atoms with Crippen LogP contribution in [0, 0.1) is 0 Å². The lowest BCUT2D eigenvalue weighted by Gasteiger charge is -2.40. The molecule has 1 aliphatic rings. The fraction of sp³-hybridized carbons (Fsp3) is 0.429. The molecule has 3 rings (SSSR count). The highest BCUT2D eigenvalue weighted by atomic mass is 35.5. The number of aliphatic hydroxyl groups is 4. The first-order valence-electron chi connectivity index (χ1n) is 13.5. The van der Waals surface area contributed by atoms with E-state index in [-0.39, 0.29) is 27.5 Å². The van der Waals surface area contributed by atoms with Crippen molar-refractivity contribution in [3.05, 3.63) is 64.2 Å². The topological polar surface area (TPSA) is 99.4 Å². The molecular weight excluding hydrogens is 384 g/mol. The second-order valence-corrected chi connectivity index (χ2v) is 6.16. The van der Waals surface area contributed by atoms with Gasteiger partial charge in [-0.2, -0.15) is 0 Å². The van der Waals surface area contributed by atoms with Crippen LogP contribution in [0.3, 0.4) is 0 Å². The summed E-state index contributed by atoms with van der Waals surface area (Å²) in [7, 11) is 0. The van der Waals surface area contributed by atoms with Crippen LogP contribution in [0.1, 0.15) is 44.7 Å². The van der Waals surface area contributed by atoms with Crippen molar-refractivity contribution in [1.29, 1.82) is 0 Å². The van der Waals surface area contributed by atoms with Crippen molar-refractivity contribution in [3.8, 4) is 5.75 Å². The molecule has 5 atom stereocenters. The van der Waals surface area contributed by atoms with E-state index in [4.69, 9.17) is 36.2 Å². The van der Waals surface area contributed by atoms with Crippen LogP contribution in [-0.2, 0) is 11.1 Å². The lowest BCUT2D eigenvalue weighted by molar-refractivity contribution is -0.231. The van der Waals surface area contributed by atoms with Gasteiger partial charge in [0.15, 0.2) is 0 Å². The highest BCUT2D eigenvalue weighted by molar-refractivity contribution is 6.31. The minimum atomic E-state index is -3.79. The number of halogens is 1. The van der Waals surface area contributed by atoms with Crippen LogP contribution in [0.2, 0.25) is 5.02 Å². The molecule has 0 radical (unpaired) electrons. The number of ether oxygens (including phenoxy) is 2. The first kappa shape index (κ1) is 10.9. The highest BCUT2D eigenvalue weighted by Gasteiger charge is 2.43. The van der Waals surface area contributed by atoms with Crippen LogP contribution in [0.5, 0.6) is 5.75 Å². The molecule has 1 saturated heterocycles. The van der Waals surface area contributed by atoms with Gasteiger partial charge in [0, 0.05) is 11.9 Å². The molecule has 0 bridgehead atoms. The maximum atomic E-state index is 10.7. The van der Waals surface area contributed by atoms with E-state index in [0.717, 1.165) is 30.3 Å². The maximum Gasteiger partial charge on any atom is 0.119 e. The van der Waals surface area contributed by atoms with Crippen LogP contribution in [0.4, 0.5) is 0 Å². The lowest BCUT2D eigenvalue weighted by Crippen LogP contribution is -2.55. The van der Waals surface area contributed by atoms with Gasteiger partial charge in [0.25, 0.3) is 0 Å². The molecule has 0 unspecified atom stereocenters. The Morgan fingerprint density at radius 1 is 1.14 bits per heavy atom. The maximum absolute atomic E-state index is 10.7. The van der Waals surface area contributed by atoms with E-state index in [1.54, 1.807) is 0 Å². The molecule has 2 aromatic carbocycles. The van der Waals surface area contributed by atoms with Crippen molar-refractivity contribution in [3.63, 3.8) is 0 Å². The standard InChI is InChI=1S/C21H25ClO6/c1-2-27-15-6-3-12(4-7-15)9-14-10-13(5-8-16(14)22)21-20(26)19(25)18(24)17(11-23)28-21/h3-8,10,17-21,23-26H,2,9,11H2,1H3/t17-,18-,19+,20-,21+/m1/s1/i1D3,2D2,9D2,17D,18D,19D,20D. The largest absolute Gasteiger partial charge is 0.494 e. The number of hydrogen-bond acceptors (Lipinski definition) is 6. The molecule has 0 aliphatic carbocycles. The first-order valence-corrected chi connectivity index (χ1v) is 8.39. The quantitative estimate of drug-likeness (QED) is 0.570. The first-order chi connectivity index (χ1) is 17.5. The van der Waals surface area contributed by atoms with Gasteiger partial charge < -0.3 is 29.9 Å². The van der Waals surface area contributed by atoms with E-state index in [2.05, 4.69) is 0 Å². The second kappa shape index (κ2) is 9.22. The minimum absolute atomic E-state index is 0.0724. The predicted octanol–water partition coefficient (Wildman–Crippen LogP) is 1.84. The van der Waals surface area contributed by atoms with E-state index >= 15 is 0 Å². The minimum Gasteiger partial charge on any atom is -0.494 e. The Morgan fingerprint density at radius 3 is 2.57 bits per heavy atom. The van der Waals surface area contributed by atoms with Crippen molar-refractivity contribution in [2.75, 3.05) is 13.2 Å². The zero-order valence-electron chi connectivity index (χ0n) is 25.3. The fourth-order valence-electron chi connectivity index (χ4n) is 2.59. The fourth-order valence-corrected chi connectivity index (χ4v) is 2.76. The summed E-state index contributed by atoms with van der Waals surface area (Å²) in [4.78, 5) is 0. The molecule has 7 heteroatoms. The lowest BCUT2D eigenvalue weighted by atomic mass is 9.90. The van der Waals surface area contributed by atoms with E-state index in [1.165, 1.54) is 12.1 Å². The molecular formula is C21H25ClO6. The summed E-state index contributed by atoms with van der Waals surface area (Å²) < 4.78 is 96.1. The molecule has 0 saturated carbocycles.